The molecule has 1 aliphatic rings. The van der Waals surface area contributed by atoms with Gasteiger partial charge in [-0.15, -0.1) is 0 Å². The van der Waals surface area contributed by atoms with Crippen LogP contribution in [0.15, 0.2) is 6.07 Å². The maximum atomic E-state index is 5.48. The Bertz CT molecular complexity index is 432. The van der Waals surface area contributed by atoms with Crippen LogP contribution in [0, 0.1) is 5.92 Å². The van der Waals surface area contributed by atoms with Gasteiger partial charge in [0.05, 0.1) is 0 Å². The number of aromatic nitrogens is 2. The molecule has 112 valence electrons. The van der Waals surface area contributed by atoms with E-state index in [1.807, 2.05) is 6.07 Å². The van der Waals surface area contributed by atoms with Gasteiger partial charge in [-0.05, 0) is 31.6 Å². The summed E-state index contributed by atoms with van der Waals surface area (Å²) in [5.74, 6) is 8.50. The molecule has 6 heteroatoms. The molecule has 2 rings (SSSR count). The quantitative estimate of drug-likeness (QED) is 0.633. The standard InChI is InChI=1S/C14H25N5O/c1-10-4-6-11(7-5-10)19(2)14-8-12(18-15)16-13(17-14)9-20-3/h8,10-11H,4-7,9,15H2,1-3H3,(H,16,17,18). The summed E-state index contributed by atoms with van der Waals surface area (Å²) in [5.41, 5.74) is 2.60. The Balaban J connectivity index is 2.15. The van der Waals surface area contributed by atoms with Crippen molar-refractivity contribution in [3.63, 3.8) is 0 Å². The molecule has 0 aliphatic heterocycles. The molecule has 1 aromatic heterocycles. The summed E-state index contributed by atoms with van der Waals surface area (Å²) >= 11 is 0. The van der Waals surface area contributed by atoms with E-state index < -0.39 is 0 Å². The second-order valence-corrected chi connectivity index (χ2v) is 5.63. The van der Waals surface area contributed by atoms with Gasteiger partial charge in [0, 0.05) is 26.3 Å². The number of hydrogen-bond acceptors (Lipinski definition) is 6. The summed E-state index contributed by atoms with van der Waals surface area (Å²) in [6.07, 6.45) is 5.00. The van der Waals surface area contributed by atoms with E-state index in [-0.39, 0.29) is 0 Å². The zero-order valence-electron chi connectivity index (χ0n) is 12.6. The third-order valence-corrected chi connectivity index (χ3v) is 4.07. The molecule has 1 saturated carbocycles. The first-order valence-electron chi connectivity index (χ1n) is 7.20. The number of nitrogens with zero attached hydrogens (tertiary/aromatic N) is 3. The number of nitrogens with one attached hydrogen (secondary N) is 1. The molecule has 0 amide bonds. The van der Waals surface area contributed by atoms with Crippen LogP contribution >= 0.6 is 0 Å². The topological polar surface area (TPSA) is 76.3 Å². The molecule has 0 spiro atoms. The van der Waals surface area contributed by atoms with Crippen molar-refractivity contribution in [1.29, 1.82) is 0 Å². The van der Waals surface area contributed by atoms with Gasteiger partial charge in [-0.25, -0.2) is 15.8 Å². The van der Waals surface area contributed by atoms with Crippen molar-refractivity contribution in [3.8, 4) is 0 Å². The van der Waals surface area contributed by atoms with Gasteiger partial charge in [-0.1, -0.05) is 6.92 Å². The third kappa shape index (κ3) is 3.58. The zero-order valence-corrected chi connectivity index (χ0v) is 12.6. The first-order valence-corrected chi connectivity index (χ1v) is 7.20. The van der Waals surface area contributed by atoms with E-state index in [0.29, 0.717) is 24.3 Å². The van der Waals surface area contributed by atoms with Crippen molar-refractivity contribution in [3.05, 3.63) is 11.9 Å². The van der Waals surface area contributed by atoms with Gasteiger partial charge >= 0.3 is 0 Å². The van der Waals surface area contributed by atoms with Crippen molar-refractivity contribution in [2.24, 2.45) is 11.8 Å². The molecule has 0 bridgehead atoms. The van der Waals surface area contributed by atoms with Crippen LogP contribution in [0.2, 0.25) is 0 Å². The average molecular weight is 279 g/mol. The molecule has 0 aromatic carbocycles. The molecule has 1 aromatic rings. The molecule has 0 saturated heterocycles. The fraction of sp³-hybridized carbons (Fsp3) is 0.714. The Morgan fingerprint density at radius 2 is 2.05 bits per heavy atom. The first kappa shape index (κ1) is 15.0. The van der Waals surface area contributed by atoms with Crippen molar-refractivity contribution in [2.75, 3.05) is 24.5 Å². The highest BCUT2D eigenvalue weighted by Gasteiger charge is 2.23. The maximum Gasteiger partial charge on any atom is 0.158 e. The Morgan fingerprint density at radius 3 is 2.65 bits per heavy atom. The smallest absolute Gasteiger partial charge is 0.158 e. The molecular formula is C14H25N5O. The fourth-order valence-electron chi connectivity index (χ4n) is 2.75. The SMILES string of the molecule is COCc1nc(NN)cc(N(C)C2CCC(C)CC2)n1. The molecule has 1 heterocycles. The minimum absolute atomic E-state index is 0.387. The predicted octanol–water partition coefficient (Wildman–Crippen LogP) is 1.92. The van der Waals surface area contributed by atoms with Gasteiger partial charge in [-0.3, -0.25) is 0 Å². The van der Waals surface area contributed by atoms with Crippen LogP contribution in [0.25, 0.3) is 0 Å². The van der Waals surface area contributed by atoms with Crippen molar-refractivity contribution in [1.82, 2.24) is 9.97 Å². The number of ether oxygens (including phenoxy) is 1. The second-order valence-electron chi connectivity index (χ2n) is 5.63. The van der Waals surface area contributed by atoms with Crippen LogP contribution in [-0.2, 0) is 11.3 Å². The monoisotopic (exact) mass is 279 g/mol. The molecule has 6 nitrogen and oxygen atoms in total. The van der Waals surface area contributed by atoms with Crippen LogP contribution in [0.1, 0.15) is 38.4 Å². The Kier molecular flexibility index (Phi) is 5.14. The van der Waals surface area contributed by atoms with Crippen LogP contribution in [0.4, 0.5) is 11.6 Å². The molecule has 1 fully saturated rings. The number of nitrogens with two attached hydrogens (primary N) is 1. The molecule has 0 unspecified atom stereocenters. The molecular weight excluding hydrogens is 254 g/mol. The maximum absolute atomic E-state index is 5.48. The lowest BCUT2D eigenvalue weighted by molar-refractivity contribution is 0.178. The lowest BCUT2D eigenvalue weighted by atomic mass is 9.87. The van der Waals surface area contributed by atoms with E-state index in [0.717, 1.165) is 11.7 Å². The van der Waals surface area contributed by atoms with E-state index >= 15 is 0 Å². The summed E-state index contributed by atoms with van der Waals surface area (Å²) in [6, 6.07) is 2.43. The van der Waals surface area contributed by atoms with Crippen LogP contribution < -0.4 is 16.2 Å². The fourth-order valence-corrected chi connectivity index (χ4v) is 2.75. The number of hydrazine groups is 1. The van der Waals surface area contributed by atoms with Crippen LogP contribution in [0.3, 0.4) is 0 Å². The van der Waals surface area contributed by atoms with Gasteiger partial charge in [0.2, 0.25) is 0 Å². The Morgan fingerprint density at radius 1 is 1.35 bits per heavy atom. The minimum Gasteiger partial charge on any atom is -0.377 e. The summed E-state index contributed by atoms with van der Waals surface area (Å²) in [5, 5.41) is 0. The van der Waals surface area contributed by atoms with Gasteiger partial charge < -0.3 is 15.1 Å². The van der Waals surface area contributed by atoms with Gasteiger partial charge in [0.15, 0.2) is 5.82 Å². The summed E-state index contributed by atoms with van der Waals surface area (Å²) < 4.78 is 5.11. The lowest BCUT2D eigenvalue weighted by Crippen LogP contribution is -2.35. The highest BCUT2D eigenvalue weighted by atomic mass is 16.5. The molecule has 3 N–H and O–H groups in total. The van der Waals surface area contributed by atoms with E-state index in [4.69, 9.17) is 10.6 Å². The Hall–Kier alpha value is -1.40. The number of methoxy groups -OCH3 is 1. The largest absolute Gasteiger partial charge is 0.377 e. The number of rotatable bonds is 5. The highest BCUT2D eigenvalue weighted by molar-refractivity contribution is 5.49. The summed E-state index contributed by atoms with van der Waals surface area (Å²) in [7, 11) is 3.73. The normalized spacial score (nSPS) is 22.6. The molecule has 0 atom stereocenters. The average Bonchev–Trinajstić information content (AvgIpc) is 2.47. The van der Waals surface area contributed by atoms with Crippen LogP contribution in [0.5, 0.6) is 0 Å². The van der Waals surface area contributed by atoms with Crippen LogP contribution in [-0.4, -0.2) is 30.2 Å². The number of hydrogen-bond donors (Lipinski definition) is 2. The zero-order chi connectivity index (χ0) is 14.5. The van der Waals surface area contributed by atoms with Crippen molar-refractivity contribution >= 4 is 11.6 Å². The lowest BCUT2D eigenvalue weighted by Gasteiger charge is -2.34. The van der Waals surface area contributed by atoms with Gasteiger partial charge in [0.25, 0.3) is 0 Å². The summed E-state index contributed by atoms with van der Waals surface area (Å²) in [6.45, 7) is 2.71. The van der Waals surface area contributed by atoms with Crippen molar-refractivity contribution < 1.29 is 4.74 Å². The molecule has 20 heavy (non-hydrogen) atoms. The van der Waals surface area contributed by atoms with E-state index in [1.54, 1.807) is 7.11 Å². The molecule has 0 radical (unpaired) electrons. The minimum atomic E-state index is 0.387. The second kappa shape index (κ2) is 6.85. The first-order chi connectivity index (χ1) is 9.63. The predicted molar refractivity (Wildman–Crippen MR) is 80.4 cm³/mol. The van der Waals surface area contributed by atoms with Crippen molar-refractivity contribution in [2.45, 2.75) is 45.3 Å². The van der Waals surface area contributed by atoms with E-state index in [1.165, 1.54) is 25.7 Å². The summed E-state index contributed by atoms with van der Waals surface area (Å²) in [4.78, 5) is 11.1. The molecule has 1 aliphatic carbocycles. The Labute approximate surface area is 120 Å². The number of nitrogen functional groups attached to an aromatic ring is 1. The highest BCUT2D eigenvalue weighted by Crippen LogP contribution is 2.29. The number of anilines is 2. The third-order valence-electron chi connectivity index (χ3n) is 4.07. The van der Waals surface area contributed by atoms with E-state index in [9.17, 15) is 0 Å². The van der Waals surface area contributed by atoms with Gasteiger partial charge in [-0.2, -0.15) is 0 Å². The van der Waals surface area contributed by atoms with E-state index in [2.05, 4.69) is 34.3 Å². The van der Waals surface area contributed by atoms with Gasteiger partial charge in [0.1, 0.15) is 18.2 Å².